The zero-order chi connectivity index (χ0) is 14.3. The van der Waals surface area contributed by atoms with Crippen molar-refractivity contribution in [3.63, 3.8) is 0 Å². The Morgan fingerprint density at radius 1 is 1.25 bits per heavy atom. The standard InChI is InChI=1S/C16H21ClN2O/c1-11-9-12(17)3-6-15(11)16(20)19-8-7-13-4-5-14(10-19)18(13)2/h3,6,9,13-14H,4-5,7-8,10H2,1-2H3/t13-,14+/m0/s1. The van der Waals surface area contributed by atoms with Crippen LogP contribution in [0.3, 0.4) is 0 Å². The maximum Gasteiger partial charge on any atom is 0.254 e. The van der Waals surface area contributed by atoms with Crippen molar-refractivity contribution in [1.82, 2.24) is 9.80 Å². The minimum atomic E-state index is 0.153. The fourth-order valence-corrected chi connectivity index (χ4v) is 3.76. The Balaban J connectivity index is 1.80. The van der Waals surface area contributed by atoms with Gasteiger partial charge in [0.05, 0.1) is 0 Å². The average Bonchev–Trinajstić information content (AvgIpc) is 2.62. The van der Waals surface area contributed by atoms with E-state index in [1.54, 1.807) is 6.07 Å². The number of likely N-dealkylation sites (tertiary alicyclic amines) is 1. The average molecular weight is 293 g/mol. The summed E-state index contributed by atoms with van der Waals surface area (Å²) in [4.78, 5) is 17.2. The van der Waals surface area contributed by atoms with Crippen LogP contribution in [-0.4, -0.2) is 47.9 Å². The first-order valence-corrected chi connectivity index (χ1v) is 7.71. The molecule has 0 aromatic heterocycles. The molecule has 2 fully saturated rings. The second kappa shape index (κ2) is 5.38. The zero-order valence-corrected chi connectivity index (χ0v) is 12.9. The van der Waals surface area contributed by atoms with Crippen LogP contribution >= 0.6 is 11.6 Å². The molecule has 0 N–H and O–H groups in total. The Kier molecular flexibility index (Phi) is 3.74. The predicted octanol–water partition coefficient (Wildman–Crippen LogP) is 2.96. The Morgan fingerprint density at radius 2 is 2.00 bits per heavy atom. The van der Waals surface area contributed by atoms with E-state index in [2.05, 4.69) is 11.9 Å². The van der Waals surface area contributed by atoms with E-state index in [1.807, 2.05) is 24.0 Å². The third kappa shape index (κ3) is 2.45. The van der Waals surface area contributed by atoms with Gasteiger partial charge >= 0.3 is 0 Å². The molecular formula is C16H21ClN2O. The molecule has 2 aliphatic heterocycles. The van der Waals surface area contributed by atoms with Crippen LogP contribution < -0.4 is 0 Å². The van der Waals surface area contributed by atoms with Crippen LogP contribution in [0.4, 0.5) is 0 Å². The number of fused-ring (bicyclic) bond motifs is 2. The van der Waals surface area contributed by atoms with Crippen molar-refractivity contribution in [3.05, 3.63) is 34.3 Å². The van der Waals surface area contributed by atoms with Crippen molar-refractivity contribution >= 4 is 17.5 Å². The number of amides is 1. The van der Waals surface area contributed by atoms with Crippen LogP contribution in [0.1, 0.15) is 35.2 Å². The normalized spacial score (nSPS) is 26.6. The summed E-state index contributed by atoms with van der Waals surface area (Å²) >= 11 is 5.97. The number of rotatable bonds is 1. The van der Waals surface area contributed by atoms with Crippen molar-refractivity contribution in [3.8, 4) is 0 Å². The molecule has 2 aliphatic rings. The quantitative estimate of drug-likeness (QED) is 0.794. The van der Waals surface area contributed by atoms with Gasteiger partial charge in [0.2, 0.25) is 0 Å². The predicted molar refractivity (Wildman–Crippen MR) is 81.3 cm³/mol. The smallest absolute Gasteiger partial charge is 0.254 e. The minimum absolute atomic E-state index is 0.153. The van der Waals surface area contributed by atoms with Crippen LogP contribution in [0.5, 0.6) is 0 Å². The molecule has 2 heterocycles. The Labute approximate surface area is 125 Å². The topological polar surface area (TPSA) is 23.6 Å². The molecule has 0 spiro atoms. The summed E-state index contributed by atoms with van der Waals surface area (Å²) in [7, 11) is 2.20. The molecule has 1 aromatic carbocycles. The lowest BCUT2D eigenvalue weighted by Gasteiger charge is -2.26. The highest BCUT2D eigenvalue weighted by atomic mass is 35.5. The lowest BCUT2D eigenvalue weighted by molar-refractivity contribution is 0.0739. The molecule has 2 atom stereocenters. The number of aryl methyl sites for hydroxylation is 1. The van der Waals surface area contributed by atoms with Crippen LogP contribution in [-0.2, 0) is 0 Å². The van der Waals surface area contributed by atoms with Gasteiger partial charge in [0.15, 0.2) is 0 Å². The van der Waals surface area contributed by atoms with Gasteiger partial charge in [-0.1, -0.05) is 11.6 Å². The van der Waals surface area contributed by atoms with E-state index in [1.165, 1.54) is 12.8 Å². The number of halogens is 1. The summed E-state index contributed by atoms with van der Waals surface area (Å²) in [5.41, 5.74) is 1.75. The summed E-state index contributed by atoms with van der Waals surface area (Å²) in [5, 5.41) is 0.689. The molecule has 108 valence electrons. The first-order valence-electron chi connectivity index (χ1n) is 7.33. The lowest BCUT2D eigenvalue weighted by Crippen LogP contribution is -2.39. The van der Waals surface area contributed by atoms with Crippen LogP contribution in [0.25, 0.3) is 0 Å². The summed E-state index contributed by atoms with van der Waals surface area (Å²) < 4.78 is 0. The monoisotopic (exact) mass is 292 g/mol. The van der Waals surface area contributed by atoms with Crippen molar-refractivity contribution < 1.29 is 4.79 Å². The van der Waals surface area contributed by atoms with E-state index < -0.39 is 0 Å². The molecule has 0 radical (unpaired) electrons. The molecule has 20 heavy (non-hydrogen) atoms. The Morgan fingerprint density at radius 3 is 2.75 bits per heavy atom. The summed E-state index contributed by atoms with van der Waals surface area (Å²) in [6.45, 7) is 3.68. The molecule has 1 aromatic rings. The van der Waals surface area contributed by atoms with E-state index in [4.69, 9.17) is 11.6 Å². The first kappa shape index (κ1) is 13.9. The van der Waals surface area contributed by atoms with E-state index in [0.29, 0.717) is 17.1 Å². The highest BCUT2D eigenvalue weighted by molar-refractivity contribution is 6.30. The first-order chi connectivity index (χ1) is 9.56. The van der Waals surface area contributed by atoms with Gasteiger partial charge in [-0.25, -0.2) is 0 Å². The largest absolute Gasteiger partial charge is 0.337 e. The SMILES string of the molecule is Cc1cc(Cl)ccc1C(=O)N1CC[C@@H]2CC[C@H](C1)N2C. The van der Waals surface area contributed by atoms with Gasteiger partial charge < -0.3 is 4.90 Å². The van der Waals surface area contributed by atoms with Gasteiger partial charge in [-0.3, -0.25) is 9.69 Å². The number of benzene rings is 1. The fraction of sp³-hybridized carbons (Fsp3) is 0.562. The molecule has 0 unspecified atom stereocenters. The summed E-state index contributed by atoms with van der Waals surface area (Å²) in [6.07, 6.45) is 3.58. The Bertz CT molecular complexity index is 531. The Hall–Kier alpha value is -1.06. The molecular weight excluding hydrogens is 272 g/mol. The van der Waals surface area contributed by atoms with Crippen molar-refractivity contribution in [2.75, 3.05) is 20.1 Å². The second-order valence-electron chi connectivity index (χ2n) is 6.05. The molecule has 2 saturated heterocycles. The third-order valence-corrected chi connectivity index (χ3v) is 5.09. The van der Waals surface area contributed by atoms with Gasteiger partial charge in [-0.05, 0) is 57.0 Å². The van der Waals surface area contributed by atoms with Crippen LogP contribution in [0.15, 0.2) is 18.2 Å². The molecule has 0 aliphatic carbocycles. The molecule has 0 saturated carbocycles. The van der Waals surface area contributed by atoms with Gasteiger partial charge in [-0.15, -0.1) is 0 Å². The molecule has 4 heteroatoms. The van der Waals surface area contributed by atoms with E-state index in [-0.39, 0.29) is 5.91 Å². The number of carbonyl (C=O) groups excluding carboxylic acids is 1. The van der Waals surface area contributed by atoms with E-state index in [9.17, 15) is 4.79 Å². The molecule has 2 bridgehead atoms. The van der Waals surface area contributed by atoms with Crippen molar-refractivity contribution in [2.45, 2.75) is 38.3 Å². The maximum absolute atomic E-state index is 12.7. The number of hydrogen-bond acceptors (Lipinski definition) is 2. The van der Waals surface area contributed by atoms with Crippen molar-refractivity contribution in [1.29, 1.82) is 0 Å². The second-order valence-corrected chi connectivity index (χ2v) is 6.49. The van der Waals surface area contributed by atoms with E-state index in [0.717, 1.165) is 30.6 Å². The van der Waals surface area contributed by atoms with Gasteiger partial charge in [0, 0.05) is 35.8 Å². The zero-order valence-electron chi connectivity index (χ0n) is 12.1. The summed E-state index contributed by atoms with van der Waals surface area (Å²) in [5.74, 6) is 0.153. The van der Waals surface area contributed by atoms with Gasteiger partial charge in [-0.2, -0.15) is 0 Å². The van der Waals surface area contributed by atoms with E-state index >= 15 is 0 Å². The fourth-order valence-electron chi connectivity index (χ4n) is 3.53. The van der Waals surface area contributed by atoms with Gasteiger partial charge in [0.25, 0.3) is 5.91 Å². The number of likely N-dealkylation sites (N-methyl/N-ethyl adjacent to an activating group) is 1. The summed E-state index contributed by atoms with van der Waals surface area (Å²) in [6, 6.07) is 6.71. The number of carbonyl (C=O) groups is 1. The molecule has 3 rings (SSSR count). The minimum Gasteiger partial charge on any atom is -0.337 e. The highest BCUT2D eigenvalue weighted by Crippen LogP contribution is 2.29. The maximum atomic E-state index is 12.7. The number of hydrogen-bond donors (Lipinski definition) is 0. The number of nitrogens with zero attached hydrogens (tertiary/aromatic N) is 2. The third-order valence-electron chi connectivity index (χ3n) is 4.85. The molecule has 1 amide bonds. The highest BCUT2D eigenvalue weighted by Gasteiger charge is 2.36. The van der Waals surface area contributed by atoms with Gasteiger partial charge in [0.1, 0.15) is 0 Å². The lowest BCUT2D eigenvalue weighted by atomic mass is 10.0. The molecule has 3 nitrogen and oxygen atoms in total. The van der Waals surface area contributed by atoms with Crippen LogP contribution in [0.2, 0.25) is 5.02 Å². The van der Waals surface area contributed by atoms with Crippen molar-refractivity contribution in [2.24, 2.45) is 0 Å². The van der Waals surface area contributed by atoms with Crippen LogP contribution in [0, 0.1) is 6.92 Å².